The number of benzene rings is 1. The van der Waals surface area contributed by atoms with E-state index in [2.05, 4.69) is 0 Å². The first-order valence-corrected chi connectivity index (χ1v) is 11.2. The van der Waals surface area contributed by atoms with Crippen molar-refractivity contribution in [1.29, 1.82) is 0 Å². The zero-order chi connectivity index (χ0) is 21.3. The molecule has 2 atom stereocenters. The third kappa shape index (κ3) is 4.29. The molecule has 0 N–H and O–H groups in total. The Balaban J connectivity index is 1.39. The van der Waals surface area contributed by atoms with E-state index in [4.69, 9.17) is 27.9 Å². The van der Waals surface area contributed by atoms with Gasteiger partial charge in [-0.15, -0.1) is 0 Å². The summed E-state index contributed by atoms with van der Waals surface area (Å²) in [7, 11) is 0. The summed E-state index contributed by atoms with van der Waals surface area (Å²) < 4.78 is 5.49. The van der Waals surface area contributed by atoms with Gasteiger partial charge in [0, 0.05) is 44.4 Å². The number of likely N-dealkylation sites (tertiary alicyclic amines) is 1. The van der Waals surface area contributed by atoms with Crippen LogP contribution >= 0.6 is 23.2 Å². The number of carbonyl (C=O) groups is 3. The first-order valence-electron chi connectivity index (χ1n) is 10.4. The summed E-state index contributed by atoms with van der Waals surface area (Å²) in [6.45, 7) is 3.06. The van der Waals surface area contributed by atoms with Crippen molar-refractivity contribution < 1.29 is 19.1 Å². The van der Waals surface area contributed by atoms with Crippen LogP contribution in [0.3, 0.4) is 0 Å². The summed E-state index contributed by atoms with van der Waals surface area (Å²) in [4.78, 5) is 43.9. The number of ether oxygens (including phenoxy) is 1. The second kappa shape index (κ2) is 9.12. The van der Waals surface area contributed by atoms with Gasteiger partial charge in [-0.2, -0.15) is 0 Å². The van der Waals surface area contributed by atoms with Crippen molar-refractivity contribution in [2.24, 2.45) is 0 Å². The van der Waals surface area contributed by atoms with E-state index in [0.29, 0.717) is 61.4 Å². The average molecular weight is 454 g/mol. The maximum absolute atomic E-state index is 13.2. The molecule has 3 fully saturated rings. The molecule has 0 bridgehead atoms. The average Bonchev–Trinajstić information content (AvgIpc) is 3.46. The van der Waals surface area contributed by atoms with E-state index in [1.54, 1.807) is 32.9 Å². The Hall–Kier alpha value is -1.83. The number of amides is 3. The number of hydrogen-bond donors (Lipinski definition) is 0. The van der Waals surface area contributed by atoms with Crippen LogP contribution in [0.25, 0.3) is 0 Å². The summed E-state index contributed by atoms with van der Waals surface area (Å²) in [5.74, 6) is -0.318. The first-order chi connectivity index (χ1) is 14.5. The van der Waals surface area contributed by atoms with Gasteiger partial charge in [-0.1, -0.05) is 23.2 Å². The highest BCUT2D eigenvalue weighted by Gasteiger charge is 2.39. The molecular weight excluding hydrogens is 429 g/mol. The first kappa shape index (κ1) is 21.4. The fraction of sp³-hybridized carbons (Fsp3) is 0.571. The largest absolute Gasteiger partial charge is 0.368 e. The predicted molar refractivity (Wildman–Crippen MR) is 113 cm³/mol. The zero-order valence-corrected chi connectivity index (χ0v) is 18.2. The van der Waals surface area contributed by atoms with Crippen LogP contribution in [0.2, 0.25) is 10.0 Å². The molecule has 1 aromatic carbocycles. The minimum Gasteiger partial charge on any atom is -0.368 e. The molecule has 0 aromatic heterocycles. The summed E-state index contributed by atoms with van der Waals surface area (Å²) in [6, 6.07) is 4.26. The smallest absolute Gasteiger partial charge is 0.256 e. The maximum Gasteiger partial charge on any atom is 0.256 e. The molecule has 0 aliphatic carbocycles. The third-order valence-electron chi connectivity index (χ3n) is 6.07. The lowest BCUT2D eigenvalue weighted by Gasteiger charge is -2.38. The van der Waals surface area contributed by atoms with Gasteiger partial charge in [-0.05, 0) is 43.9 Å². The van der Waals surface area contributed by atoms with E-state index in [0.717, 1.165) is 19.3 Å². The van der Waals surface area contributed by atoms with Crippen molar-refractivity contribution in [3.63, 3.8) is 0 Å². The second-order valence-corrected chi connectivity index (χ2v) is 8.78. The highest BCUT2D eigenvalue weighted by molar-refractivity contribution is 6.35. The fourth-order valence-corrected chi connectivity index (χ4v) is 4.79. The van der Waals surface area contributed by atoms with Crippen molar-refractivity contribution in [1.82, 2.24) is 14.7 Å². The van der Waals surface area contributed by atoms with Gasteiger partial charge in [-0.3, -0.25) is 14.4 Å². The minimum absolute atomic E-state index is 0.0212. The van der Waals surface area contributed by atoms with Crippen LogP contribution < -0.4 is 0 Å². The van der Waals surface area contributed by atoms with E-state index < -0.39 is 6.04 Å². The zero-order valence-electron chi connectivity index (χ0n) is 16.7. The highest BCUT2D eigenvalue weighted by atomic mass is 35.5. The standard InChI is InChI=1S/C21H25Cl2N3O4/c22-14-5-6-16(23)15(13-14)19(27)26-7-1-3-17(26)20(28)24-8-10-25(11-9-24)21(29)18-4-2-12-30-18/h5-6,13,17-18H,1-4,7-12H2. The highest BCUT2D eigenvalue weighted by Crippen LogP contribution is 2.27. The van der Waals surface area contributed by atoms with Crippen LogP contribution in [0.15, 0.2) is 18.2 Å². The SMILES string of the molecule is O=C(C1CCCO1)N1CCN(C(=O)C2CCCN2C(=O)c2cc(Cl)ccc2Cl)CC1. The van der Waals surface area contributed by atoms with Gasteiger partial charge in [0.2, 0.25) is 5.91 Å². The molecule has 7 nitrogen and oxygen atoms in total. The van der Waals surface area contributed by atoms with E-state index in [1.807, 2.05) is 0 Å². The van der Waals surface area contributed by atoms with Crippen molar-refractivity contribution in [2.75, 3.05) is 39.3 Å². The number of rotatable bonds is 3. The maximum atomic E-state index is 13.2. The molecular formula is C21H25Cl2N3O4. The van der Waals surface area contributed by atoms with Crippen molar-refractivity contribution in [2.45, 2.75) is 37.8 Å². The lowest BCUT2D eigenvalue weighted by molar-refractivity contribution is -0.147. The van der Waals surface area contributed by atoms with Gasteiger partial charge in [-0.25, -0.2) is 0 Å². The normalized spacial score (nSPS) is 24.4. The molecule has 9 heteroatoms. The molecule has 162 valence electrons. The molecule has 0 radical (unpaired) electrons. The van der Waals surface area contributed by atoms with E-state index in [1.165, 1.54) is 0 Å². The van der Waals surface area contributed by atoms with Crippen molar-refractivity contribution in [3.05, 3.63) is 33.8 Å². The van der Waals surface area contributed by atoms with Crippen molar-refractivity contribution >= 4 is 40.9 Å². The molecule has 3 saturated heterocycles. The Morgan fingerprint density at radius 2 is 1.60 bits per heavy atom. The van der Waals surface area contributed by atoms with Gasteiger partial charge in [0.05, 0.1) is 10.6 Å². The second-order valence-electron chi connectivity index (χ2n) is 7.93. The monoisotopic (exact) mass is 453 g/mol. The summed E-state index contributed by atoms with van der Waals surface area (Å²) in [5, 5.41) is 0.751. The molecule has 0 saturated carbocycles. The van der Waals surface area contributed by atoms with E-state index in [9.17, 15) is 14.4 Å². The van der Waals surface area contributed by atoms with Gasteiger partial charge in [0.1, 0.15) is 12.1 Å². The predicted octanol–water partition coefficient (Wildman–Crippen LogP) is 2.45. The van der Waals surface area contributed by atoms with Crippen LogP contribution in [0.1, 0.15) is 36.0 Å². The van der Waals surface area contributed by atoms with Gasteiger partial charge < -0.3 is 19.4 Å². The number of carbonyl (C=O) groups excluding carboxylic acids is 3. The molecule has 30 heavy (non-hydrogen) atoms. The summed E-state index contributed by atoms with van der Waals surface area (Å²) in [6.07, 6.45) is 2.73. The molecule has 0 spiro atoms. The van der Waals surface area contributed by atoms with E-state index >= 15 is 0 Å². The molecule has 2 unspecified atom stereocenters. The molecule has 3 aliphatic rings. The number of piperazine rings is 1. The van der Waals surface area contributed by atoms with Crippen LogP contribution in [-0.4, -0.2) is 83.9 Å². The van der Waals surface area contributed by atoms with Crippen LogP contribution in [-0.2, 0) is 14.3 Å². The Kier molecular flexibility index (Phi) is 6.51. The lowest BCUT2D eigenvalue weighted by Crippen LogP contribution is -2.56. The third-order valence-corrected chi connectivity index (χ3v) is 6.63. The topological polar surface area (TPSA) is 70.2 Å². The lowest BCUT2D eigenvalue weighted by atomic mass is 10.1. The van der Waals surface area contributed by atoms with Gasteiger partial charge in [0.15, 0.2) is 0 Å². The van der Waals surface area contributed by atoms with Gasteiger partial charge >= 0.3 is 0 Å². The Labute approximate surface area is 185 Å². The molecule has 3 heterocycles. The van der Waals surface area contributed by atoms with Gasteiger partial charge in [0.25, 0.3) is 11.8 Å². The molecule has 4 rings (SSSR count). The summed E-state index contributed by atoms with van der Waals surface area (Å²) in [5.41, 5.74) is 0.316. The fourth-order valence-electron chi connectivity index (χ4n) is 4.42. The van der Waals surface area contributed by atoms with Crippen LogP contribution in [0.5, 0.6) is 0 Å². The molecule has 3 amide bonds. The Morgan fingerprint density at radius 3 is 2.27 bits per heavy atom. The van der Waals surface area contributed by atoms with E-state index in [-0.39, 0.29) is 23.8 Å². The Morgan fingerprint density at radius 1 is 0.900 bits per heavy atom. The minimum atomic E-state index is -0.507. The molecule has 1 aromatic rings. The quantitative estimate of drug-likeness (QED) is 0.704. The van der Waals surface area contributed by atoms with Crippen molar-refractivity contribution in [3.8, 4) is 0 Å². The molecule has 3 aliphatic heterocycles. The summed E-state index contributed by atoms with van der Waals surface area (Å²) >= 11 is 12.2. The number of halogens is 2. The number of hydrogen-bond acceptors (Lipinski definition) is 4. The van der Waals surface area contributed by atoms with Crippen LogP contribution in [0, 0.1) is 0 Å². The number of nitrogens with zero attached hydrogens (tertiary/aromatic N) is 3. The van der Waals surface area contributed by atoms with Crippen LogP contribution in [0.4, 0.5) is 0 Å². The Bertz CT molecular complexity index is 836.